The van der Waals surface area contributed by atoms with Crippen LogP contribution in [0.1, 0.15) is 46.5 Å². The summed E-state index contributed by atoms with van der Waals surface area (Å²) in [5.41, 5.74) is -0.0109. The van der Waals surface area contributed by atoms with Gasteiger partial charge < -0.3 is 4.79 Å². The molecule has 1 fully saturated rings. The molecule has 16 heavy (non-hydrogen) atoms. The van der Waals surface area contributed by atoms with E-state index in [1.165, 1.54) is 25.5 Å². The van der Waals surface area contributed by atoms with Crippen molar-refractivity contribution in [2.75, 3.05) is 0 Å². The van der Waals surface area contributed by atoms with Crippen LogP contribution in [0.3, 0.4) is 0 Å². The Morgan fingerprint density at radius 2 is 2.06 bits per heavy atom. The van der Waals surface area contributed by atoms with Gasteiger partial charge in [-0.3, -0.25) is 0 Å². The van der Waals surface area contributed by atoms with Gasteiger partial charge in [0.25, 0.3) is 0 Å². The first-order chi connectivity index (χ1) is 7.57. The minimum atomic E-state index is -0.0109. The first-order valence-corrected chi connectivity index (χ1v) is 6.70. The highest BCUT2D eigenvalue weighted by Gasteiger charge is 2.51. The van der Waals surface area contributed by atoms with E-state index in [2.05, 4.69) is 32.9 Å². The molecule has 0 bridgehead atoms. The molecule has 0 aromatic rings. The summed E-state index contributed by atoms with van der Waals surface area (Å²) in [5, 5.41) is 0. The molecule has 0 radical (unpaired) electrons. The third-order valence-electron chi connectivity index (χ3n) is 4.95. The summed E-state index contributed by atoms with van der Waals surface area (Å²) in [6.45, 7) is 6.80. The van der Waals surface area contributed by atoms with Gasteiger partial charge in [-0.25, -0.2) is 0 Å². The van der Waals surface area contributed by atoms with Gasteiger partial charge in [0, 0.05) is 5.41 Å². The summed E-state index contributed by atoms with van der Waals surface area (Å²) in [7, 11) is 0. The van der Waals surface area contributed by atoms with Gasteiger partial charge in [-0.05, 0) is 49.4 Å². The van der Waals surface area contributed by atoms with Crippen molar-refractivity contribution in [3.05, 3.63) is 12.2 Å². The Labute approximate surface area is 99.3 Å². The fraction of sp³-hybridized carbons (Fsp3) is 0.800. The molecule has 0 aromatic carbocycles. The summed E-state index contributed by atoms with van der Waals surface area (Å²) in [6.07, 6.45) is 10.7. The lowest BCUT2D eigenvalue weighted by atomic mass is 9.50. The molecule has 0 spiro atoms. The Balaban J connectivity index is 2.12. The van der Waals surface area contributed by atoms with Gasteiger partial charge in [0.15, 0.2) is 0 Å². The molecule has 0 N–H and O–H groups in total. The molecule has 5 atom stereocenters. The van der Waals surface area contributed by atoms with Gasteiger partial charge >= 0.3 is 0 Å². The number of carbonyl (C=O) groups is 1. The fourth-order valence-electron chi connectivity index (χ4n) is 3.65. The number of rotatable bonds is 1. The lowest BCUT2D eigenvalue weighted by molar-refractivity contribution is -0.134. The maximum Gasteiger partial charge on any atom is 0.126 e. The predicted molar refractivity (Wildman–Crippen MR) is 67.1 cm³/mol. The van der Waals surface area contributed by atoms with Crippen LogP contribution in [-0.2, 0) is 4.79 Å². The number of hydrogen-bond donors (Lipinski definition) is 0. The van der Waals surface area contributed by atoms with E-state index in [1.807, 2.05) is 0 Å². The minimum Gasteiger partial charge on any atom is -0.303 e. The minimum absolute atomic E-state index is 0.0109. The second kappa shape index (κ2) is 4.35. The standard InChI is InChI=1S/C15H24O/c1-11-5-4-6-12(2)13-9-15(3,10-16)14(13)8-7-11/h4-5,10-14H,6-9H2,1-3H3/b5-4+. The molecule has 1 nitrogen and oxygen atoms in total. The maximum absolute atomic E-state index is 11.2. The average molecular weight is 220 g/mol. The molecule has 2 aliphatic carbocycles. The first-order valence-electron chi connectivity index (χ1n) is 6.70. The summed E-state index contributed by atoms with van der Waals surface area (Å²) >= 11 is 0. The second-order valence-corrected chi connectivity index (χ2v) is 6.29. The van der Waals surface area contributed by atoms with Crippen LogP contribution in [0.25, 0.3) is 0 Å². The molecule has 0 heterocycles. The summed E-state index contributed by atoms with van der Waals surface area (Å²) in [5.74, 6) is 2.86. The van der Waals surface area contributed by atoms with E-state index in [9.17, 15) is 4.79 Å². The molecule has 2 aliphatic rings. The van der Waals surface area contributed by atoms with E-state index in [4.69, 9.17) is 0 Å². The molecular formula is C15H24O. The highest BCUT2D eigenvalue weighted by Crippen LogP contribution is 2.56. The fourth-order valence-corrected chi connectivity index (χ4v) is 3.65. The summed E-state index contributed by atoms with van der Waals surface area (Å²) < 4.78 is 0. The van der Waals surface area contributed by atoms with E-state index >= 15 is 0 Å². The highest BCUT2D eigenvalue weighted by atomic mass is 16.1. The van der Waals surface area contributed by atoms with Crippen LogP contribution in [0, 0.1) is 29.1 Å². The molecule has 0 saturated heterocycles. The van der Waals surface area contributed by atoms with Crippen LogP contribution < -0.4 is 0 Å². The average Bonchev–Trinajstić information content (AvgIpc) is 2.29. The highest BCUT2D eigenvalue weighted by molar-refractivity contribution is 5.61. The molecule has 0 aliphatic heterocycles. The second-order valence-electron chi connectivity index (χ2n) is 6.29. The van der Waals surface area contributed by atoms with Crippen molar-refractivity contribution < 1.29 is 4.79 Å². The number of carbonyl (C=O) groups excluding carboxylic acids is 1. The van der Waals surface area contributed by atoms with Crippen molar-refractivity contribution in [1.29, 1.82) is 0 Å². The van der Waals surface area contributed by atoms with Crippen molar-refractivity contribution in [1.82, 2.24) is 0 Å². The normalized spacial score (nSPS) is 50.2. The Kier molecular flexibility index (Phi) is 3.23. The van der Waals surface area contributed by atoms with Crippen LogP contribution in [0.2, 0.25) is 0 Å². The van der Waals surface area contributed by atoms with Crippen LogP contribution in [0.15, 0.2) is 12.2 Å². The monoisotopic (exact) mass is 220 g/mol. The SMILES string of the molecule is CC1/C=C/CC(C)C2CC(C)(C=O)C2CC1. The molecule has 2 rings (SSSR count). The van der Waals surface area contributed by atoms with Crippen LogP contribution in [-0.4, -0.2) is 6.29 Å². The molecule has 90 valence electrons. The van der Waals surface area contributed by atoms with Gasteiger partial charge in [-0.1, -0.05) is 32.9 Å². The van der Waals surface area contributed by atoms with E-state index in [-0.39, 0.29) is 5.41 Å². The number of fused-ring (bicyclic) bond motifs is 1. The van der Waals surface area contributed by atoms with Crippen molar-refractivity contribution in [3.63, 3.8) is 0 Å². The van der Waals surface area contributed by atoms with Crippen molar-refractivity contribution in [2.24, 2.45) is 29.1 Å². The van der Waals surface area contributed by atoms with Gasteiger partial charge in [0.1, 0.15) is 6.29 Å². The summed E-state index contributed by atoms with van der Waals surface area (Å²) in [4.78, 5) is 11.2. The topological polar surface area (TPSA) is 17.1 Å². The van der Waals surface area contributed by atoms with E-state index in [1.54, 1.807) is 0 Å². The Hall–Kier alpha value is -0.590. The third kappa shape index (κ3) is 1.97. The van der Waals surface area contributed by atoms with Crippen LogP contribution in [0.5, 0.6) is 0 Å². The largest absolute Gasteiger partial charge is 0.303 e. The van der Waals surface area contributed by atoms with Crippen LogP contribution in [0.4, 0.5) is 0 Å². The first kappa shape index (κ1) is 11.9. The van der Waals surface area contributed by atoms with Gasteiger partial charge in [0.2, 0.25) is 0 Å². The maximum atomic E-state index is 11.2. The summed E-state index contributed by atoms with van der Waals surface area (Å²) in [6, 6.07) is 0. The zero-order valence-electron chi connectivity index (χ0n) is 10.8. The lowest BCUT2D eigenvalue weighted by Gasteiger charge is -2.53. The zero-order chi connectivity index (χ0) is 11.8. The Morgan fingerprint density at radius 1 is 1.31 bits per heavy atom. The molecule has 0 aromatic heterocycles. The molecule has 1 saturated carbocycles. The predicted octanol–water partition coefficient (Wildman–Crippen LogP) is 3.84. The van der Waals surface area contributed by atoms with Gasteiger partial charge in [-0.2, -0.15) is 0 Å². The van der Waals surface area contributed by atoms with Crippen molar-refractivity contribution in [2.45, 2.75) is 46.5 Å². The molecular weight excluding hydrogens is 196 g/mol. The smallest absolute Gasteiger partial charge is 0.126 e. The van der Waals surface area contributed by atoms with Crippen LogP contribution >= 0.6 is 0 Å². The molecule has 0 amide bonds. The lowest BCUT2D eigenvalue weighted by Crippen LogP contribution is -2.49. The number of aldehydes is 1. The van der Waals surface area contributed by atoms with Gasteiger partial charge in [-0.15, -0.1) is 0 Å². The van der Waals surface area contributed by atoms with E-state index < -0.39 is 0 Å². The van der Waals surface area contributed by atoms with Crippen molar-refractivity contribution in [3.8, 4) is 0 Å². The number of hydrogen-bond acceptors (Lipinski definition) is 1. The Bertz CT molecular complexity index is 294. The van der Waals surface area contributed by atoms with E-state index in [0.29, 0.717) is 11.8 Å². The molecule has 5 unspecified atom stereocenters. The molecule has 1 heteroatoms. The zero-order valence-corrected chi connectivity index (χ0v) is 10.8. The number of allylic oxidation sites excluding steroid dienone is 2. The third-order valence-corrected chi connectivity index (χ3v) is 4.95. The van der Waals surface area contributed by atoms with E-state index in [0.717, 1.165) is 18.3 Å². The van der Waals surface area contributed by atoms with Gasteiger partial charge in [0.05, 0.1) is 0 Å². The Morgan fingerprint density at radius 3 is 2.75 bits per heavy atom. The quantitative estimate of drug-likeness (QED) is 0.484. The van der Waals surface area contributed by atoms with Crippen molar-refractivity contribution >= 4 is 6.29 Å².